The van der Waals surface area contributed by atoms with Crippen molar-refractivity contribution in [3.63, 3.8) is 0 Å². The molecule has 0 radical (unpaired) electrons. The normalized spacial score (nSPS) is 15.8. The van der Waals surface area contributed by atoms with Crippen LogP contribution in [0, 0.1) is 0 Å². The summed E-state index contributed by atoms with van der Waals surface area (Å²) >= 11 is 3.51. The van der Waals surface area contributed by atoms with Crippen LogP contribution in [0.5, 0.6) is 11.5 Å². The Bertz CT molecular complexity index is 532. The molecule has 1 fully saturated rings. The van der Waals surface area contributed by atoms with E-state index in [4.69, 9.17) is 9.47 Å². The Hall–Kier alpha value is -1.32. The van der Waals surface area contributed by atoms with Crippen molar-refractivity contribution < 1.29 is 14.3 Å². The molecule has 1 aliphatic carbocycles. The molecule has 1 saturated carbocycles. The van der Waals surface area contributed by atoms with E-state index in [9.17, 15) is 4.79 Å². The maximum absolute atomic E-state index is 10.6. The summed E-state index contributed by atoms with van der Waals surface area (Å²) in [5.41, 5.74) is 0.523. The fraction of sp³-hybridized carbons (Fsp3) is 0.500. The minimum absolute atomic E-state index is 0.0488. The van der Waals surface area contributed by atoms with Crippen LogP contribution in [0.25, 0.3) is 0 Å². The molecule has 0 bridgehead atoms. The van der Waals surface area contributed by atoms with Gasteiger partial charge in [-0.1, -0.05) is 15.9 Å². The first kappa shape index (κ1) is 14.1. The number of hydrogen-bond donors (Lipinski definition) is 0. The third-order valence-electron chi connectivity index (χ3n) is 3.10. The molecule has 2 rings (SSSR count). The number of rotatable bonds is 5. The van der Waals surface area contributed by atoms with Gasteiger partial charge in [0.15, 0.2) is 11.5 Å². The topological polar surface area (TPSA) is 47.9 Å². The van der Waals surface area contributed by atoms with E-state index in [0.29, 0.717) is 11.5 Å². The monoisotopic (exact) mass is 325 g/mol. The largest absolute Gasteiger partial charge is 0.493 e. The van der Waals surface area contributed by atoms with Gasteiger partial charge >= 0.3 is 0 Å². The van der Waals surface area contributed by atoms with Crippen LogP contribution in [0.15, 0.2) is 21.6 Å². The molecule has 0 heterocycles. The van der Waals surface area contributed by atoms with Gasteiger partial charge in [-0.25, -0.2) is 4.79 Å². The second kappa shape index (κ2) is 5.35. The number of methoxy groups -OCH3 is 1. The average molecular weight is 326 g/mol. The Kier molecular flexibility index (Phi) is 3.97. The van der Waals surface area contributed by atoms with E-state index in [-0.39, 0.29) is 6.10 Å². The highest BCUT2D eigenvalue weighted by molar-refractivity contribution is 9.10. The molecule has 0 amide bonds. The highest BCUT2D eigenvalue weighted by atomic mass is 79.9. The van der Waals surface area contributed by atoms with Gasteiger partial charge in [-0.15, -0.1) is 0 Å². The maximum Gasteiger partial charge on any atom is 0.235 e. The molecule has 19 heavy (non-hydrogen) atoms. The molecule has 102 valence electrons. The van der Waals surface area contributed by atoms with Crippen LogP contribution in [-0.4, -0.2) is 19.3 Å². The maximum atomic E-state index is 10.6. The third kappa shape index (κ3) is 2.82. The predicted molar refractivity (Wildman–Crippen MR) is 75.5 cm³/mol. The minimum Gasteiger partial charge on any atom is -0.493 e. The first-order chi connectivity index (χ1) is 9.02. The zero-order valence-corrected chi connectivity index (χ0v) is 12.8. The first-order valence-corrected chi connectivity index (χ1v) is 6.95. The van der Waals surface area contributed by atoms with E-state index < -0.39 is 5.54 Å². The van der Waals surface area contributed by atoms with Crippen molar-refractivity contribution in [1.82, 2.24) is 0 Å². The van der Waals surface area contributed by atoms with Crippen molar-refractivity contribution in [3.05, 3.63) is 22.2 Å². The molecule has 0 N–H and O–H groups in total. The summed E-state index contributed by atoms with van der Waals surface area (Å²) in [5, 5.41) is 0. The number of isocyanates is 1. The van der Waals surface area contributed by atoms with Gasteiger partial charge in [0.05, 0.1) is 18.8 Å². The zero-order valence-electron chi connectivity index (χ0n) is 11.2. The van der Waals surface area contributed by atoms with Crippen LogP contribution in [0.4, 0.5) is 0 Å². The fourth-order valence-corrected chi connectivity index (χ4v) is 2.74. The van der Waals surface area contributed by atoms with Gasteiger partial charge in [0.25, 0.3) is 0 Å². The van der Waals surface area contributed by atoms with Crippen LogP contribution in [0.1, 0.15) is 32.3 Å². The molecule has 0 saturated heterocycles. The van der Waals surface area contributed by atoms with Crippen molar-refractivity contribution in [2.24, 2.45) is 4.99 Å². The molecule has 1 aromatic carbocycles. The van der Waals surface area contributed by atoms with E-state index >= 15 is 0 Å². The van der Waals surface area contributed by atoms with E-state index in [1.54, 1.807) is 13.2 Å². The summed E-state index contributed by atoms with van der Waals surface area (Å²) in [6, 6.07) is 3.75. The molecule has 0 spiro atoms. The molecular formula is C14H16BrNO3. The predicted octanol–water partition coefficient (Wildman–Crippen LogP) is 3.57. The van der Waals surface area contributed by atoms with Crippen LogP contribution in [0.3, 0.4) is 0 Å². The molecule has 5 heteroatoms. The highest BCUT2D eigenvalue weighted by Crippen LogP contribution is 2.53. The van der Waals surface area contributed by atoms with Crippen LogP contribution >= 0.6 is 15.9 Å². The van der Waals surface area contributed by atoms with Crippen molar-refractivity contribution >= 4 is 22.0 Å². The molecule has 0 atom stereocenters. The summed E-state index contributed by atoms with van der Waals surface area (Å²) in [7, 11) is 1.60. The van der Waals surface area contributed by atoms with Gasteiger partial charge in [-0.2, -0.15) is 4.99 Å². The lowest BCUT2D eigenvalue weighted by Gasteiger charge is -2.18. The Labute approximate surface area is 120 Å². The van der Waals surface area contributed by atoms with Crippen molar-refractivity contribution in [2.75, 3.05) is 7.11 Å². The molecule has 4 nitrogen and oxygen atoms in total. The first-order valence-electron chi connectivity index (χ1n) is 6.16. The van der Waals surface area contributed by atoms with E-state index in [0.717, 1.165) is 22.9 Å². The number of halogens is 1. The Morgan fingerprint density at radius 3 is 2.53 bits per heavy atom. The van der Waals surface area contributed by atoms with Gasteiger partial charge < -0.3 is 9.47 Å². The molecular weight excluding hydrogens is 310 g/mol. The van der Waals surface area contributed by atoms with Crippen molar-refractivity contribution in [1.29, 1.82) is 0 Å². The minimum atomic E-state index is -0.429. The second-order valence-corrected chi connectivity index (χ2v) is 5.74. The van der Waals surface area contributed by atoms with E-state index in [2.05, 4.69) is 20.9 Å². The Morgan fingerprint density at radius 2 is 2.05 bits per heavy atom. The number of hydrogen-bond acceptors (Lipinski definition) is 4. The quantitative estimate of drug-likeness (QED) is 0.614. The second-order valence-electron chi connectivity index (χ2n) is 4.88. The lowest BCUT2D eigenvalue weighted by Crippen LogP contribution is -2.09. The summed E-state index contributed by atoms with van der Waals surface area (Å²) in [5.74, 6) is 1.33. The standard InChI is InChI=1S/C14H16BrNO3/c1-9(2)19-13-6-10(11(15)7-12(13)18-3)14(4-5-14)16-8-17/h6-7,9H,4-5H2,1-3H3. The van der Waals surface area contributed by atoms with Crippen molar-refractivity contribution in [3.8, 4) is 11.5 Å². The van der Waals surface area contributed by atoms with Gasteiger partial charge in [0.1, 0.15) is 0 Å². The summed E-state index contributed by atoms with van der Waals surface area (Å²) in [6.45, 7) is 3.91. The van der Waals surface area contributed by atoms with Crippen LogP contribution in [-0.2, 0) is 10.3 Å². The number of nitrogens with zero attached hydrogens (tertiary/aromatic N) is 1. The van der Waals surface area contributed by atoms with Crippen molar-refractivity contribution in [2.45, 2.75) is 38.3 Å². The van der Waals surface area contributed by atoms with Gasteiger partial charge in [0.2, 0.25) is 6.08 Å². The smallest absolute Gasteiger partial charge is 0.235 e. The van der Waals surface area contributed by atoms with Crippen LogP contribution < -0.4 is 9.47 Å². The number of ether oxygens (including phenoxy) is 2. The third-order valence-corrected chi connectivity index (χ3v) is 3.76. The van der Waals surface area contributed by atoms with E-state index in [1.807, 2.05) is 26.0 Å². The number of carbonyl (C=O) groups excluding carboxylic acids is 1. The molecule has 0 aromatic heterocycles. The lowest BCUT2D eigenvalue weighted by atomic mass is 10.0. The number of aliphatic imine (C=N–C) groups is 1. The summed E-state index contributed by atoms with van der Waals surface area (Å²) in [4.78, 5) is 14.5. The molecule has 0 unspecified atom stereocenters. The summed E-state index contributed by atoms with van der Waals surface area (Å²) < 4.78 is 11.9. The molecule has 1 aromatic rings. The fourth-order valence-electron chi connectivity index (χ4n) is 2.04. The average Bonchev–Trinajstić information content (AvgIpc) is 3.11. The van der Waals surface area contributed by atoms with Crippen LogP contribution in [0.2, 0.25) is 0 Å². The number of benzene rings is 1. The molecule has 1 aliphatic rings. The SMILES string of the molecule is COc1cc(Br)c(C2(N=C=O)CC2)cc1OC(C)C. The Morgan fingerprint density at radius 1 is 1.37 bits per heavy atom. The Balaban J connectivity index is 2.48. The lowest BCUT2D eigenvalue weighted by molar-refractivity contribution is 0.229. The zero-order chi connectivity index (χ0) is 14.0. The van der Waals surface area contributed by atoms with Gasteiger partial charge in [-0.05, 0) is 44.4 Å². The summed E-state index contributed by atoms with van der Waals surface area (Å²) in [6.07, 6.45) is 3.43. The van der Waals surface area contributed by atoms with E-state index in [1.165, 1.54) is 0 Å². The highest BCUT2D eigenvalue weighted by Gasteiger charge is 2.46. The van der Waals surface area contributed by atoms with Gasteiger partial charge in [0, 0.05) is 4.47 Å². The van der Waals surface area contributed by atoms with Gasteiger partial charge in [-0.3, -0.25) is 0 Å². The molecule has 0 aliphatic heterocycles.